The first-order chi connectivity index (χ1) is 17.9. The molecule has 8 nitrogen and oxygen atoms in total. The SMILES string of the molecule is CCN1C(=O)N[C@@H](c2ccc(C)cc2C)C2=C1CN([C@H](C(=O)NCc1ccco1)c1ccccc1)C2=O. The average Bonchev–Trinajstić information content (AvgIpc) is 3.52. The molecule has 190 valence electrons. The van der Waals surface area contributed by atoms with Crippen molar-refractivity contribution in [3.05, 3.63) is 106 Å². The van der Waals surface area contributed by atoms with Crippen molar-refractivity contribution in [3.8, 4) is 0 Å². The Hall–Kier alpha value is -4.33. The van der Waals surface area contributed by atoms with Crippen LogP contribution in [0.25, 0.3) is 0 Å². The Morgan fingerprint density at radius 3 is 2.57 bits per heavy atom. The van der Waals surface area contributed by atoms with Crippen LogP contribution in [0.4, 0.5) is 4.79 Å². The molecule has 0 bridgehead atoms. The molecule has 2 N–H and O–H groups in total. The summed E-state index contributed by atoms with van der Waals surface area (Å²) in [5.74, 6) is 0.0359. The number of nitrogens with zero attached hydrogens (tertiary/aromatic N) is 2. The number of likely N-dealkylation sites (N-methyl/N-ethyl adjacent to an activating group) is 1. The van der Waals surface area contributed by atoms with Crippen LogP contribution in [0.2, 0.25) is 0 Å². The number of hydrogen-bond acceptors (Lipinski definition) is 4. The van der Waals surface area contributed by atoms with Gasteiger partial charge in [-0.05, 0) is 49.6 Å². The zero-order valence-electron chi connectivity index (χ0n) is 21.2. The molecule has 0 saturated heterocycles. The maximum absolute atomic E-state index is 14.1. The predicted octanol–water partition coefficient (Wildman–Crippen LogP) is 4.14. The summed E-state index contributed by atoms with van der Waals surface area (Å²) in [6, 6.07) is 17.0. The van der Waals surface area contributed by atoms with Crippen molar-refractivity contribution in [3.63, 3.8) is 0 Å². The van der Waals surface area contributed by atoms with Gasteiger partial charge in [0.25, 0.3) is 5.91 Å². The van der Waals surface area contributed by atoms with Gasteiger partial charge >= 0.3 is 6.03 Å². The number of carbonyl (C=O) groups excluding carboxylic acids is 3. The van der Waals surface area contributed by atoms with Crippen molar-refractivity contribution in [2.24, 2.45) is 0 Å². The number of nitrogens with one attached hydrogen (secondary N) is 2. The molecule has 8 heteroatoms. The van der Waals surface area contributed by atoms with Crippen molar-refractivity contribution in [2.45, 2.75) is 39.4 Å². The van der Waals surface area contributed by atoms with Crippen LogP contribution >= 0.6 is 0 Å². The number of hydrogen-bond donors (Lipinski definition) is 2. The number of furan rings is 1. The second kappa shape index (κ2) is 9.97. The van der Waals surface area contributed by atoms with E-state index in [2.05, 4.69) is 10.6 Å². The number of urea groups is 1. The van der Waals surface area contributed by atoms with Crippen LogP contribution in [0, 0.1) is 13.8 Å². The summed E-state index contributed by atoms with van der Waals surface area (Å²) in [6.07, 6.45) is 1.55. The summed E-state index contributed by atoms with van der Waals surface area (Å²) < 4.78 is 5.36. The zero-order valence-corrected chi connectivity index (χ0v) is 21.2. The number of benzene rings is 2. The Kier molecular flexibility index (Phi) is 6.56. The van der Waals surface area contributed by atoms with E-state index in [1.807, 2.05) is 69.3 Å². The third-order valence-corrected chi connectivity index (χ3v) is 6.99. The quantitative estimate of drug-likeness (QED) is 0.512. The van der Waals surface area contributed by atoms with Crippen LogP contribution in [0.15, 0.2) is 82.6 Å². The van der Waals surface area contributed by atoms with E-state index in [-0.39, 0.29) is 30.9 Å². The van der Waals surface area contributed by atoms with Crippen molar-refractivity contribution < 1.29 is 18.8 Å². The molecule has 2 aromatic carbocycles. The van der Waals surface area contributed by atoms with Gasteiger partial charge in [0, 0.05) is 6.54 Å². The molecule has 2 atom stereocenters. The lowest BCUT2D eigenvalue weighted by molar-refractivity contribution is -0.136. The number of rotatable bonds is 7. The van der Waals surface area contributed by atoms with E-state index in [0.29, 0.717) is 29.1 Å². The topological polar surface area (TPSA) is 94.9 Å². The van der Waals surface area contributed by atoms with Gasteiger partial charge < -0.3 is 20.0 Å². The minimum atomic E-state index is -0.872. The van der Waals surface area contributed by atoms with E-state index < -0.39 is 12.1 Å². The van der Waals surface area contributed by atoms with Crippen molar-refractivity contribution in [1.29, 1.82) is 0 Å². The second-order valence-electron chi connectivity index (χ2n) is 9.39. The summed E-state index contributed by atoms with van der Waals surface area (Å²) in [6.45, 7) is 6.63. The summed E-state index contributed by atoms with van der Waals surface area (Å²) >= 11 is 0. The fraction of sp³-hybridized carbons (Fsp3) is 0.276. The fourth-order valence-electron chi connectivity index (χ4n) is 5.23. The van der Waals surface area contributed by atoms with Gasteiger partial charge in [-0.25, -0.2) is 4.79 Å². The van der Waals surface area contributed by atoms with E-state index >= 15 is 0 Å². The van der Waals surface area contributed by atoms with Crippen LogP contribution in [0.1, 0.15) is 47.0 Å². The standard InChI is InChI=1S/C29H30N4O4/c1-4-32-23-17-33(26(20-9-6-5-7-10-20)27(34)30-16-21-11-8-14-37-21)28(35)24(23)25(31-29(32)36)22-13-12-18(2)15-19(22)3/h5-15,25-26H,4,16-17H2,1-3H3,(H,30,34)(H,31,36)/t25-,26-/m0/s1. The molecule has 3 aromatic rings. The van der Waals surface area contributed by atoms with Gasteiger partial charge in [-0.3, -0.25) is 14.5 Å². The Labute approximate surface area is 215 Å². The maximum atomic E-state index is 14.1. The van der Waals surface area contributed by atoms with Crippen LogP contribution in [-0.4, -0.2) is 40.7 Å². The molecule has 3 heterocycles. The van der Waals surface area contributed by atoms with Gasteiger partial charge in [0.05, 0.1) is 36.7 Å². The van der Waals surface area contributed by atoms with E-state index in [0.717, 1.165) is 16.7 Å². The molecule has 5 rings (SSSR count). The van der Waals surface area contributed by atoms with Crippen LogP contribution < -0.4 is 10.6 Å². The third-order valence-electron chi connectivity index (χ3n) is 6.99. The normalized spacial score (nSPS) is 18.1. The summed E-state index contributed by atoms with van der Waals surface area (Å²) in [5, 5.41) is 5.95. The first-order valence-electron chi connectivity index (χ1n) is 12.4. The largest absolute Gasteiger partial charge is 0.467 e. The monoisotopic (exact) mass is 498 g/mol. The molecule has 0 fully saturated rings. The molecular formula is C29H30N4O4. The lowest BCUT2D eigenvalue weighted by Crippen LogP contribution is -2.47. The highest BCUT2D eigenvalue weighted by Gasteiger charge is 2.47. The third kappa shape index (κ3) is 4.50. The zero-order chi connectivity index (χ0) is 26.1. The van der Waals surface area contributed by atoms with E-state index in [1.165, 1.54) is 0 Å². The molecule has 0 radical (unpaired) electrons. The van der Waals surface area contributed by atoms with Gasteiger partial charge in [0.15, 0.2) is 0 Å². The first-order valence-corrected chi connectivity index (χ1v) is 12.4. The Balaban J connectivity index is 1.53. The van der Waals surface area contributed by atoms with E-state index in [1.54, 1.807) is 28.2 Å². The molecule has 0 unspecified atom stereocenters. The minimum absolute atomic E-state index is 0.157. The number of amides is 4. The van der Waals surface area contributed by atoms with Crippen LogP contribution in [0.3, 0.4) is 0 Å². The van der Waals surface area contributed by atoms with Gasteiger partial charge in [0.1, 0.15) is 11.8 Å². The molecule has 2 aliphatic rings. The molecule has 37 heavy (non-hydrogen) atoms. The highest BCUT2D eigenvalue weighted by Crippen LogP contribution is 2.40. The minimum Gasteiger partial charge on any atom is -0.467 e. The summed E-state index contributed by atoms with van der Waals surface area (Å²) in [5.41, 5.74) is 4.80. The van der Waals surface area contributed by atoms with Crippen molar-refractivity contribution >= 4 is 17.8 Å². The highest BCUT2D eigenvalue weighted by atomic mass is 16.3. The van der Waals surface area contributed by atoms with Gasteiger partial charge in [-0.2, -0.15) is 0 Å². The number of aryl methyl sites for hydroxylation is 2. The summed E-state index contributed by atoms with van der Waals surface area (Å²) in [4.78, 5) is 44.0. The molecule has 0 aliphatic carbocycles. The van der Waals surface area contributed by atoms with E-state index in [4.69, 9.17) is 4.42 Å². The fourth-order valence-corrected chi connectivity index (χ4v) is 5.23. The highest BCUT2D eigenvalue weighted by molar-refractivity contribution is 6.04. The molecule has 1 aromatic heterocycles. The van der Waals surface area contributed by atoms with Crippen LogP contribution in [0.5, 0.6) is 0 Å². The second-order valence-corrected chi connectivity index (χ2v) is 9.39. The first kappa shape index (κ1) is 24.4. The van der Waals surface area contributed by atoms with Gasteiger partial charge in [0.2, 0.25) is 5.91 Å². The van der Waals surface area contributed by atoms with Crippen molar-refractivity contribution in [1.82, 2.24) is 20.4 Å². The molecule has 2 aliphatic heterocycles. The number of carbonyl (C=O) groups is 3. The lowest BCUT2D eigenvalue weighted by atomic mass is 9.91. The average molecular weight is 499 g/mol. The molecular weight excluding hydrogens is 468 g/mol. The smallest absolute Gasteiger partial charge is 0.322 e. The molecule has 4 amide bonds. The molecule has 0 saturated carbocycles. The van der Waals surface area contributed by atoms with Gasteiger partial charge in [-0.1, -0.05) is 54.1 Å². The summed E-state index contributed by atoms with van der Waals surface area (Å²) in [7, 11) is 0. The Bertz CT molecular complexity index is 1360. The maximum Gasteiger partial charge on any atom is 0.322 e. The van der Waals surface area contributed by atoms with Gasteiger partial charge in [-0.15, -0.1) is 0 Å². The van der Waals surface area contributed by atoms with Crippen LogP contribution in [-0.2, 0) is 16.1 Å². The van der Waals surface area contributed by atoms with Crippen molar-refractivity contribution in [2.75, 3.05) is 13.1 Å². The Morgan fingerprint density at radius 2 is 1.89 bits per heavy atom. The van der Waals surface area contributed by atoms with E-state index in [9.17, 15) is 14.4 Å². The predicted molar refractivity (Wildman–Crippen MR) is 138 cm³/mol. The Morgan fingerprint density at radius 1 is 1.11 bits per heavy atom. The molecule has 0 spiro atoms. The lowest BCUT2D eigenvalue weighted by Gasteiger charge is -2.33.